The average Bonchev–Trinajstić information content (AvgIpc) is 1.85. The summed E-state index contributed by atoms with van der Waals surface area (Å²) < 4.78 is 4.72. The molecule has 0 rings (SSSR count). The number of hydrogen-bond donors (Lipinski definition) is 0. The van der Waals surface area contributed by atoms with Crippen molar-refractivity contribution in [2.75, 3.05) is 6.61 Å². The summed E-state index contributed by atoms with van der Waals surface area (Å²) in [6.45, 7) is 2.34. The third kappa shape index (κ3) is 8.82. The van der Waals surface area contributed by atoms with Crippen LogP contribution in [0.3, 0.4) is 0 Å². The van der Waals surface area contributed by atoms with E-state index in [1.165, 1.54) is 23.3 Å². The maximum atomic E-state index is 10.6. The first-order chi connectivity index (χ1) is 4.31. The van der Waals surface area contributed by atoms with E-state index in [2.05, 4.69) is 0 Å². The molecule has 0 N–H and O–H groups in total. The standard InChI is InChI=1S/C6H11O2.HI.Zn/c1-3-5-6(7)8-4-2;;/h1,3-5H2,2H3;1H;. The molecule has 0 amide bonds. The average molecular weight is 308 g/mol. The van der Waals surface area contributed by atoms with Crippen molar-refractivity contribution in [1.82, 2.24) is 0 Å². The molecule has 0 aliphatic carbocycles. The Balaban J connectivity index is 0. The first-order valence-electron chi connectivity index (χ1n) is 3.26. The minimum atomic E-state index is -0.0500. The molecule has 0 unspecified atom stereocenters. The predicted octanol–water partition coefficient (Wildman–Crippen LogP) is 1.91. The second-order valence-corrected chi connectivity index (χ2v) is 3.25. The van der Waals surface area contributed by atoms with E-state index in [1.54, 1.807) is 0 Å². The van der Waals surface area contributed by atoms with Crippen molar-refractivity contribution in [3.05, 3.63) is 0 Å². The zero-order valence-electron chi connectivity index (χ0n) is 6.26. The van der Waals surface area contributed by atoms with Crippen LogP contribution < -0.4 is 0 Å². The van der Waals surface area contributed by atoms with Crippen LogP contribution in [0.25, 0.3) is 0 Å². The van der Waals surface area contributed by atoms with Crippen molar-refractivity contribution >= 4 is 29.9 Å². The SMILES string of the molecule is CCOC(=O)CC[CH2][Zn].I. The van der Waals surface area contributed by atoms with Gasteiger partial charge in [-0.1, -0.05) is 0 Å². The van der Waals surface area contributed by atoms with Crippen LogP contribution in [0.2, 0.25) is 5.02 Å². The molecule has 0 aromatic heterocycles. The smallest absolute Gasteiger partial charge is 0.107 e. The summed E-state index contributed by atoms with van der Waals surface area (Å²) >= 11 is 1.28. The van der Waals surface area contributed by atoms with Gasteiger partial charge in [0.25, 0.3) is 0 Å². The van der Waals surface area contributed by atoms with Gasteiger partial charge in [-0.25, -0.2) is 0 Å². The Morgan fingerprint density at radius 1 is 1.60 bits per heavy atom. The summed E-state index contributed by atoms with van der Waals surface area (Å²) in [6, 6.07) is 0. The van der Waals surface area contributed by atoms with Crippen LogP contribution in [0.5, 0.6) is 0 Å². The summed E-state index contributed by atoms with van der Waals surface area (Å²) in [5.74, 6) is -0.0500. The quantitative estimate of drug-likeness (QED) is 0.450. The molecule has 4 heteroatoms. The first kappa shape index (κ1) is 13.4. The van der Waals surface area contributed by atoms with E-state index in [0.29, 0.717) is 13.0 Å². The van der Waals surface area contributed by atoms with Crippen molar-refractivity contribution in [1.29, 1.82) is 0 Å². The molecular formula is C6H12IO2Zn. The molecule has 0 saturated heterocycles. The molecule has 57 valence electrons. The maximum Gasteiger partial charge on any atom is -0.107 e. The number of hydrogen-bond acceptors (Lipinski definition) is 2. The van der Waals surface area contributed by atoms with Crippen LogP contribution in [-0.4, -0.2) is 12.6 Å². The summed E-state index contributed by atoms with van der Waals surface area (Å²) in [4.78, 5) is 10.6. The molecular weight excluding hydrogens is 296 g/mol. The summed E-state index contributed by atoms with van der Waals surface area (Å²) in [7, 11) is 0. The molecule has 0 aliphatic rings. The Kier molecular flexibility index (Phi) is 13.2. The van der Waals surface area contributed by atoms with Crippen LogP contribution >= 0.6 is 24.0 Å². The molecule has 0 heterocycles. The second-order valence-electron chi connectivity index (χ2n) is 1.76. The summed E-state index contributed by atoms with van der Waals surface area (Å²) in [5.41, 5.74) is 0. The van der Waals surface area contributed by atoms with Gasteiger partial charge in [-0.05, 0) is 0 Å². The van der Waals surface area contributed by atoms with Gasteiger partial charge < -0.3 is 0 Å². The third-order valence-corrected chi connectivity index (χ3v) is 1.99. The largest absolute Gasteiger partial charge is 0.107 e. The fourth-order valence-electron chi connectivity index (χ4n) is 0.502. The van der Waals surface area contributed by atoms with Crippen molar-refractivity contribution in [2.45, 2.75) is 24.8 Å². The van der Waals surface area contributed by atoms with Gasteiger partial charge in [-0.3, -0.25) is 0 Å². The van der Waals surface area contributed by atoms with E-state index in [0.717, 1.165) is 6.42 Å². The first-order valence-corrected chi connectivity index (χ1v) is 5.36. The van der Waals surface area contributed by atoms with Gasteiger partial charge >= 0.3 is 65.2 Å². The van der Waals surface area contributed by atoms with Crippen molar-refractivity contribution in [3.8, 4) is 0 Å². The van der Waals surface area contributed by atoms with E-state index in [-0.39, 0.29) is 29.9 Å². The van der Waals surface area contributed by atoms with E-state index >= 15 is 0 Å². The Morgan fingerprint density at radius 2 is 2.20 bits per heavy atom. The van der Waals surface area contributed by atoms with E-state index < -0.39 is 0 Å². The molecule has 0 saturated carbocycles. The van der Waals surface area contributed by atoms with Crippen molar-refractivity contribution in [2.24, 2.45) is 0 Å². The normalized spacial score (nSPS) is 8.30. The maximum absolute atomic E-state index is 10.6. The molecule has 0 radical (unpaired) electrons. The van der Waals surface area contributed by atoms with E-state index in [4.69, 9.17) is 4.74 Å². The second kappa shape index (κ2) is 9.82. The fourth-order valence-corrected chi connectivity index (χ4v) is 1.03. The van der Waals surface area contributed by atoms with E-state index in [9.17, 15) is 4.79 Å². The van der Waals surface area contributed by atoms with Gasteiger partial charge in [0.2, 0.25) is 0 Å². The minimum absolute atomic E-state index is 0. The monoisotopic (exact) mass is 307 g/mol. The summed E-state index contributed by atoms with van der Waals surface area (Å²) in [6.07, 6.45) is 1.60. The Labute approximate surface area is 88.8 Å². The number of esters is 1. The molecule has 0 atom stereocenters. The van der Waals surface area contributed by atoms with Gasteiger partial charge in [-0.2, -0.15) is 0 Å². The van der Waals surface area contributed by atoms with Gasteiger partial charge in [0.05, 0.1) is 0 Å². The molecule has 0 aromatic carbocycles. The van der Waals surface area contributed by atoms with Gasteiger partial charge in [0.15, 0.2) is 0 Å². The Hall–Kier alpha value is 0.823. The molecule has 10 heavy (non-hydrogen) atoms. The topological polar surface area (TPSA) is 26.3 Å². The van der Waals surface area contributed by atoms with Gasteiger partial charge in [-0.15, -0.1) is 24.0 Å². The van der Waals surface area contributed by atoms with Crippen LogP contribution in [0.4, 0.5) is 0 Å². The Bertz CT molecular complexity index is 87.8. The van der Waals surface area contributed by atoms with Gasteiger partial charge in [0.1, 0.15) is 0 Å². The molecule has 0 bridgehead atoms. The minimum Gasteiger partial charge on any atom is -0.107 e. The van der Waals surface area contributed by atoms with Crippen molar-refractivity contribution < 1.29 is 27.8 Å². The van der Waals surface area contributed by atoms with E-state index in [1.807, 2.05) is 6.92 Å². The zero-order valence-corrected chi connectivity index (χ0v) is 11.6. The number of rotatable bonds is 4. The molecule has 0 aliphatic heterocycles. The van der Waals surface area contributed by atoms with Crippen LogP contribution in [0.1, 0.15) is 19.8 Å². The number of halogens is 1. The molecule has 0 fully saturated rings. The fraction of sp³-hybridized carbons (Fsp3) is 0.833. The van der Waals surface area contributed by atoms with Crippen molar-refractivity contribution in [3.63, 3.8) is 0 Å². The number of ether oxygens (including phenoxy) is 1. The molecule has 0 spiro atoms. The van der Waals surface area contributed by atoms with Gasteiger partial charge in [0, 0.05) is 0 Å². The Morgan fingerprint density at radius 3 is 2.60 bits per heavy atom. The van der Waals surface area contributed by atoms with Crippen LogP contribution in [-0.2, 0) is 27.8 Å². The summed E-state index contributed by atoms with van der Waals surface area (Å²) in [5, 5.41) is 1.18. The molecule has 2 nitrogen and oxygen atoms in total. The predicted molar refractivity (Wildman–Crippen MR) is 46.1 cm³/mol. The van der Waals surface area contributed by atoms with Crippen LogP contribution in [0, 0.1) is 0 Å². The molecule has 0 aromatic rings. The number of carbonyl (C=O) groups excluding carboxylic acids is 1. The zero-order chi connectivity index (χ0) is 7.11. The third-order valence-electron chi connectivity index (χ3n) is 0.936. The number of carbonyl (C=O) groups is 1. The van der Waals surface area contributed by atoms with Crippen LogP contribution in [0.15, 0.2) is 0 Å².